The lowest BCUT2D eigenvalue weighted by Gasteiger charge is -2.37. The van der Waals surface area contributed by atoms with Gasteiger partial charge in [0.25, 0.3) is 0 Å². The average Bonchev–Trinajstić information content (AvgIpc) is 2.68. The van der Waals surface area contributed by atoms with Gasteiger partial charge in [-0.05, 0) is 44.0 Å². The van der Waals surface area contributed by atoms with Crippen molar-refractivity contribution in [1.82, 2.24) is 9.88 Å². The van der Waals surface area contributed by atoms with Gasteiger partial charge in [-0.25, -0.2) is 4.79 Å². The lowest BCUT2D eigenvalue weighted by Crippen LogP contribution is -2.50. The summed E-state index contributed by atoms with van der Waals surface area (Å²) in [5, 5.41) is 4.07. The maximum Gasteiger partial charge on any atom is 0.322 e. The van der Waals surface area contributed by atoms with Crippen LogP contribution in [0.5, 0.6) is 0 Å². The van der Waals surface area contributed by atoms with Crippen LogP contribution in [0.2, 0.25) is 0 Å². The van der Waals surface area contributed by atoms with Gasteiger partial charge < -0.3 is 15.1 Å². The van der Waals surface area contributed by atoms with Crippen molar-refractivity contribution in [3.8, 4) is 0 Å². The van der Waals surface area contributed by atoms with Crippen molar-refractivity contribution < 1.29 is 4.79 Å². The number of nitrogens with one attached hydrogen (secondary N) is 1. The molecule has 5 heteroatoms. The third-order valence-corrected chi connectivity index (χ3v) is 5.39. The van der Waals surface area contributed by atoms with E-state index in [1.54, 1.807) is 6.20 Å². The van der Waals surface area contributed by atoms with Crippen LogP contribution in [0.15, 0.2) is 48.7 Å². The lowest BCUT2D eigenvalue weighted by atomic mass is 10.0. The van der Waals surface area contributed by atoms with Crippen molar-refractivity contribution in [1.29, 1.82) is 0 Å². The van der Waals surface area contributed by atoms with Gasteiger partial charge in [0.15, 0.2) is 0 Å². The highest BCUT2D eigenvalue weighted by atomic mass is 16.2. The van der Waals surface area contributed by atoms with Crippen molar-refractivity contribution >= 4 is 28.3 Å². The summed E-state index contributed by atoms with van der Waals surface area (Å²) in [6.07, 6.45) is 1.75. The normalized spacial score (nSPS) is 14.4. The fraction of sp³-hybridized carbons (Fsp3) is 0.304. The standard InChI is InChI=1S/C23H26N4O/c1-16-14-17(2)22(18(3)15-16)26-10-12-27(13-11-26)23(28)25-20-8-4-6-19-7-5-9-24-21(19)20/h4-9,14-15H,10-13H2,1-3H3,(H,25,28). The Labute approximate surface area is 166 Å². The molecule has 2 aromatic carbocycles. The Balaban J connectivity index is 1.45. The number of piperazine rings is 1. The number of hydrogen-bond donors (Lipinski definition) is 1. The molecule has 0 unspecified atom stereocenters. The summed E-state index contributed by atoms with van der Waals surface area (Å²) in [5.41, 5.74) is 6.79. The number of fused-ring (bicyclic) bond motifs is 1. The van der Waals surface area contributed by atoms with Gasteiger partial charge in [-0.15, -0.1) is 0 Å². The van der Waals surface area contributed by atoms with Gasteiger partial charge in [0.1, 0.15) is 0 Å². The Morgan fingerprint density at radius 1 is 0.964 bits per heavy atom. The summed E-state index contributed by atoms with van der Waals surface area (Å²) in [6.45, 7) is 9.56. The zero-order valence-electron chi connectivity index (χ0n) is 16.7. The molecule has 3 aromatic rings. The zero-order valence-corrected chi connectivity index (χ0v) is 16.7. The third kappa shape index (κ3) is 3.52. The summed E-state index contributed by atoms with van der Waals surface area (Å²) in [6, 6.07) is 14.2. The van der Waals surface area contributed by atoms with Crippen LogP contribution in [0.3, 0.4) is 0 Å². The molecule has 1 fully saturated rings. The highest BCUT2D eigenvalue weighted by molar-refractivity contribution is 5.99. The number of benzene rings is 2. The molecule has 1 saturated heterocycles. The molecular weight excluding hydrogens is 348 g/mol. The number of aryl methyl sites for hydroxylation is 3. The molecule has 5 nitrogen and oxygen atoms in total. The highest BCUT2D eigenvalue weighted by Gasteiger charge is 2.23. The second-order valence-corrected chi connectivity index (χ2v) is 7.53. The van der Waals surface area contributed by atoms with Crippen LogP contribution in [0.1, 0.15) is 16.7 Å². The molecule has 144 valence electrons. The molecule has 0 bridgehead atoms. The molecule has 1 aliphatic rings. The maximum absolute atomic E-state index is 12.8. The molecule has 0 atom stereocenters. The topological polar surface area (TPSA) is 48.5 Å². The van der Waals surface area contributed by atoms with E-state index in [1.807, 2.05) is 35.2 Å². The summed E-state index contributed by atoms with van der Waals surface area (Å²) in [5.74, 6) is 0. The van der Waals surface area contributed by atoms with Crippen molar-refractivity contribution in [2.24, 2.45) is 0 Å². The Morgan fingerprint density at radius 2 is 1.64 bits per heavy atom. The molecule has 0 spiro atoms. The van der Waals surface area contributed by atoms with Crippen molar-refractivity contribution in [3.05, 3.63) is 65.4 Å². The van der Waals surface area contributed by atoms with E-state index < -0.39 is 0 Å². The van der Waals surface area contributed by atoms with Gasteiger partial charge in [-0.3, -0.25) is 4.98 Å². The Bertz CT molecular complexity index is 994. The van der Waals surface area contributed by atoms with E-state index in [9.17, 15) is 4.79 Å². The second kappa shape index (κ2) is 7.50. The van der Waals surface area contributed by atoms with E-state index in [1.165, 1.54) is 22.4 Å². The summed E-state index contributed by atoms with van der Waals surface area (Å²) >= 11 is 0. The SMILES string of the molecule is Cc1cc(C)c(N2CCN(C(=O)Nc3cccc4cccnc34)CC2)c(C)c1. The predicted molar refractivity (Wildman–Crippen MR) is 115 cm³/mol. The van der Waals surface area contributed by atoms with E-state index in [0.717, 1.165) is 29.7 Å². The van der Waals surface area contributed by atoms with Gasteiger partial charge in [-0.2, -0.15) is 0 Å². The molecule has 1 aromatic heterocycles. The average molecular weight is 374 g/mol. The summed E-state index contributed by atoms with van der Waals surface area (Å²) in [4.78, 5) is 21.5. The van der Waals surface area contributed by atoms with E-state index in [0.29, 0.717) is 13.1 Å². The number of anilines is 2. The highest BCUT2D eigenvalue weighted by Crippen LogP contribution is 2.27. The minimum Gasteiger partial charge on any atom is -0.368 e. The van der Waals surface area contributed by atoms with Gasteiger partial charge in [-0.1, -0.05) is 35.9 Å². The predicted octanol–water partition coefficient (Wildman–Crippen LogP) is 4.51. The Hall–Kier alpha value is -3.08. The number of pyridine rings is 1. The number of aromatic nitrogens is 1. The molecule has 0 saturated carbocycles. The number of rotatable bonds is 2. The molecule has 0 radical (unpaired) electrons. The first-order chi connectivity index (χ1) is 13.5. The van der Waals surface area contributed by atoms with E-state index in [2.05, 4.69) is 48.1 Å². The Kier molecular flexibility index (Phi) is 4.90. The monoisotopic (exact) mass is 374 g/mol. The molecule has 2 amide bonds. The molecular formula is C23H26N4O. The molecule has 28 heavy (non-hydrogen) atoms. The number of urea groups is 1. The largest absolute Gasteiger partial charge is 0.368 e. The molecule has 4 rings (SSSR count). The summed E-state index contributed by atoms with van der Waals surface area (Å²) in [7, 11) is 0. The first-order valence-corrected chi connectivity index (χ1v) is 9.75. The van der Waals surface area contributed by atoms with Crippen LogP contribution in [-0.2, 0) is 0 Å². The van der Waals surface area contributed by atoms with E-state index >= 15 is 0 Å². The van der Waals surface area contributed by atoms with Gasteiger partial charge in [0.05, 0.1) is 11.2 Å². The molecule has 1 aliphatic heterocycles. The first-order valence-electron chi connectivity index (χ1n) is 9.75. The molecule has 1 N–H and O–H groups in total. The summed E-state index contributed by atoms with van der Waals surface area (Å²) < 4.78 is 0. The number of amides is 2. The molecule has 0 aliphatic carbocycles. The van der Waals surface area contributed by atoms with Gasteiger partial charge in [0, 0.05) is 43.4 Å². The van der Waals surface area contributed by atoms with Gasteiger partial charge >= 0.3 is 6.03 Å². The fourth-order valence-electron chi connectivity index (χ4n) is 4.20. The van der Waals surface area contributed by atoms with Crippen LogP contribution in [-0.4, -0.2) is 42.1 Å². The van der Waals surface area contributed by atoms with Crippen LogP contribution in [0.4, 0.5) is 16.2 Å². The third-order valence-electron chi connectivity index (χ3n) is 5.39. The number of carbonyl (C=O) groups excluding carboxylic acids is 1. The fourth-order valence-corrected chi connectivity index (χ4v) is 4.20. The smallest absolute Gasteiger partial charge is 0.322 e. The van der Waals surface area contributed by atoms with Crippen molar-refractivity contribution in [3.63, 3.8) is 0 Å². The Morgan fingerprint density at radius 3 is 2.36 bits per heavy atom. The van der Waals surface area contributed by atoms with Crippen LogP contribution >= 0.6 is 0 Å². The minimum atomic E-state index is -0.0600. The van der Waals surface area contributed by atoms with Crippen LogP contribution in [0.25, 0.3) is 10.9 Å². The first kappa shape index (κ1) is 18.3. The lowest BCUT2D eigenvalue weighted by molar-refractivity contribution is 0.208. The number of para-hydroxylation sites is 1. The van der Waals surface area contributed by atoms with Gasteiger partial charge in [0.2, 0.25) is 0 Å². The molecule has 2 heterocycles. The zero-order chi connectivity index (χ0) is 19.7. The van der Waals surface area contributed by atoms with Crippen LogP contribution < -0.4 is 10.2 Å². The van der Waals surface area contributed by atoms with Crippen molar-refractivity contribution in [2.45, 2.75) is 20.8 Å². The second-order valence-electron chi connectivity index (χ2n) is 7.53. The van der Waals surface area contributed by atoms with Crippen molar-refractivity contribution in [2.75, 3.05) is 36.4 Å². The van der Waals surface area contributed by atoms with E-state index in [-0.39, 0.29) is 6.03 Å². The maximum atomic E-state index is 12.8. The van der Waals surface area contributed by atoms with Crippen LogP contribution in [0, 0.1) is 20.8 Å². The minimum absolute atomic E-state index is 0.0600. The van der Waals surface area contributed by atoms with E-state index in [4.69, 9.17) is 0 Å². The number of nitrogens with zero attached hydrogens (tertiary/aromatic N) is 3. The quantitative estimate of drug-likeness (QED) is 0.718. The number of hydrogen-bond acceptors (Lipinski definition) is 3. The number of carbonyl (C=O) groups is 1.